The van der Waals surface area contributed by atoms with E-state index >= 15 is 0 Å². The van der Waals surface area contributed by atoms with Gasteiger partial charge < -0.3 is 0 Å². The third-order valence-corrected chi connectivity index (χ3v) is 2.15. The molecule has 0 atom stereocenters. The summed E-state index contributed by atoms with van der Waals surface area (Å²) in [6.45, 7) is -0.331. The summed E-state index contributed by atoms with van der Waals surface area (Å²) in [5.41, 5.74) is 5.96. The summed E-state index contributed by atoms with van der Waals surface area (Å²) >= 11 is 0. The quantitative estimate of drug-likeness (QED) is 0.402. The summed E-state index contributed by atoms with van der Waals surface area (Å²) < 4.78 is 22.2. The smallest absolute Gasteiger partial charge is 0.253 e. The first-order valence-corrected chi connectivity index (χ1v) is 5.72. The largest absolute Gasteiger partial charge is 0.299 e. The zero-order valence-corrected chi connectivity index (χ0v) is 9.53. The number of carbonyl (C=O) groups excluding carboxylic acids is 1. The highest BCUT2D eigenvalue weighted by molar-refractivity contribution is 7.70. The lowest BCUT2D eigenvalue weighted by atomic mass is 10.2. The van der Waals surface area contributed by atoms with Gasteiger partial charge >= 0.3 is 0 Å². The Kier molecular flexibility index (Phi) is 4.93. The topological polar surface area (TPSA) is 111 Å². The minimum absolute atomic E-state index is 0.331. The average Bonchev–Trinajstić information content (AvgIpc) is 2.34. The summed E-state index contributed by atoms with van der Waals surface area (Å²) in [5.74, 6) is -0.520. The van der Waals surface area contributed by atoms with Gasteiger partial charge in [-0.1, -0.05) is 0 Å². The van der Waals surface area contributed by atoms with Gasteiger partial charge in [-0.15, -0.1) is 0 Å². The molecule has 1 aromatic rings. The summed E-state index contributed by atoms with van der Waals surface area (Å²) in [4.78, 5) is 11.1. The number of hydrazine groups is 1. The molecule has 0 fully saturated rings. The van der Waals surface area contributed by atoms with E-state index in [1.807, 2.05) is 10.8 Å². The maximum absolute atomic E-state index is 11.1. The Labute approximate surface area is 99.5 Å². The molecular formula is C9H10N4O3S. The summed E-state index contributed by atoms with van der Waals surface area (Å²) in [6, 6.07) is 8.35. The number of hydrogen-bond acceptors (Lipinski definition) is 5. The van der Waals surface area contributed by atoms with Crippen molar-refractivity contribution in [2.24, 2.45) is 0 Å². The molecule has 0 bridgehead atoms. The Balaban J connectivity index is 2.39. The number of rotatable bonds is 5. The average molecular weight is 254 g/mol. The number of nitriles is 1. The molecule has 1 aromatic carbocycles. The Morgan fingerprint density at radius 3 is 2.47 bits per heavy atom. The van der Waals surface area contributed by atoms with Crippen LogP contribution in [0.5, 0.6) is 0 Å². The van der Waals surface area contributed by atoms with Gasteiger partial charge in [-0.05, 0) is 24.3 Å². The summed E-state index contributed by atoms with van der Waals surface area (Å²) in [6.07, 6.45) is 0. The fourth-order valence-corrected chi connectivity index (χ4v) is 1.22. The predicted molar refractivity (Wildman–Crippen MR) is 61.2 cm³/mol. The van der Waals surface area contributed by atoms with Crippen molar-refractivity contribution in [3.63, 3.8) is 0 Å². The van der Waals surface area contributed by atoms with Crippen LogP contribution < -0.4 is 15.6 Å². The number of nitrogens with one attached hydrogen (secondary N) is 3. The van der Waals surface area contributed by atoms with Crippen LogP contribution >= 0.6 is 0 Å². The molecule has 0 heterocycles. The molecule has 1 amide bonds. The van der Waals surface area contributed by atoms with E-state index in [0.717, 1.165) is 0 Å². The van der Waals surface area contributed by atoms with Crippen LogP contribution in [-0.2, 0) is 15.7 Å². The third-order valence-electron chi connectivity index (χ3n) is 1.73. The van der Waals surface area contributed by atoms with E-state index in [0.29, 0.717) is 11.3 Å². The van der Waals surface area contributed by atoms with E-state index in [1.54, 1.807) is 24.3 Å². The van der Waals surface area contributed by atoms with E-state index < -0.39 is 16.8 Å². The molecule has 90 valence electrons. The number of anilines is 1. The van der Waals surface area contributed by atoms with Crippen LogP contribution in [0.15, 0.2) is 24.3 Å². The number of nitrogens with zero attached hydrogens (tertiary/aromatic N) is 1. The van der Waals surface area contributed by atoms with Crippen LogP contribution in [0.3, 0.4) is 0 Å². The van der Waals surface area contributed by atoms with Crippen LogP contribution in [0.25, 0.3) is 0 Å². The Morgan fingerprint density at radius 1 is 1.29 bits per heavy atom. The number of hydrogen-bond donors (Lipinski definition) is 4. The number of carbonyl (C=O) groups is 1. The zero-order valence-electron chi connectivity index (χ0n) is 8.64. The van der Waals surface area contributed by atoms with Crippen LogP contribution in [-0.4, -0.2) is 20.9 Å². The molecule has 0 unspecified atom stereocenters. The second-order valence-electron chi connectivity index (χ2n) is 2.95. The standard InChI is InChI=1S/C9H10N4O3S/c10-5-7-1-3-8(4-2-7)12-13-9(14)6-11-17(15)16/h1-4,12,17H,6H2,(H,13,14)(H,11,15,16). The van der Waals surface area contributed by atoms with E-state index in [4.69, 9.17) is 5.26 Å². The molecule has 0 aliphatic rings. The molecule has 17 heavy (non-hydrogen) atoms. The molecule has 0 aliphatic carbocycles. The molecule has 0 radical (unpaired) electrons. The predicted octanol–water partition coefficient (Wildman–Crippen LogP) is -0.883. The molecule has 0 aliphatic heterocycles. The number of thiol groups is 1. The van der Waals surface area contributed by atoms with Crippen molar-refractivity contribution < 1.29 is 13.2 Å². The van der Waals surface area contributed by atoms with Crippen molar-refractivity contribution in [1.82, 2.24) is 10.1 Å². The lowest BCUT2D eigenvalue weighted by Gasteiger charge is -2.07. The lowest BCUT2D eigenvalue weighted by Crippen LogP contribution is -2.36. The fraction of sp³-hybridized carbons (Fsp3) is 0.111. The fourth-order valence-electron chi connectivity index (χ4n) is 0.951. The van der Waals surface area contributed by atoms with E-state index in [9.17, 15) is 13.2 Å². The minimum Gasteiger partial charge on any atom is -0.299 e. The Hall–Kier alpha value is -2.11. The van der Waals surface area contributed by atoms with Crippen molar-refractivity contribution in [3.05, 3.63) is 29.8 Å². The van der Waals surface area contributed by atoms with Gasteiger partial charge in [-0.25, -0.2) is 13.1 Å². The van der Waals surface area contributed by atoms with Gasteiger partial charge in [-0.2, -0.15) is 5.26 Å². The number of benzene rings is 1. The highest BCUT2D eigenvalue weighted by Crippen LogP contribution is 2.06. The van der Waals surface area contributed by atoms with Gasteiger partial charge in [0.15, 0.2) is 0 Å². The lowest BCUT2D eigenvalue weighted by molar-refractivity contribution is -0.119. The monoisotopic (exact) mass is 254 g/mol. The summed E-state index contributed by atoms with van der Waals surface area (Å²) in [5, 5.41) is 8.56. The van der Waals surface area contributed by atoms with Gasteiger partial charge in [0, 0.05) is 0 Å². The van der Waals surface area contributed by atoms with Crippen LogP contribution in [0.4, 0.5) is 5.69 Å². The second kappa shape index (κ2) is 6.47. The third kappa shape index (κ3) is 4.96. The molecule has 7 nitrogen and oxygen atoms in total. The Bertz CT molecular complexity index is 496. The van der Waals surface area contributed by atoms with Crippen molar-refractivity contribution in [3.8, 4) is 6.07 Å². The van der Waals surface area contributed by atoms with Crippen molar-refractivity contribution in [2.75, 3.05) is 12.0 Å². The molecule has 1 rings (SSSR count). The van der Waals surface area contributed by atoms with Gasteiger partial charge in [-0.3, -0.25) is 15.6 Å². The maximum Gasteiger partial charge on any atom is 0.253 e. The molecule has 3 N–H and O–H groups in total. The van der Waals surface area contributed by atoms with Gasteiger partial charge in [0.2, 0.25) is 10.9 Å². The van der Waals surface area contributed by atoms with Crippen molar-refractivity contribution in [1.29, 1.82) is 5.26 Å². The van der Waals surface area contributed by atoms with Gasteiger partial charge in [0.05, 0.1) is 23.9 Å². The molecule has 0 spiro atoms. The first-order valence-electron chi connectivity index (χ1n) is 4.54. The molecule has 0 aromatic heterocycles. The molecule has 8 heteroatoms. The van der Waals surface area contributed by atoms with E-state index in [-0.39, 0.29) is 6.54 Å². The highest BCUT2D eigenvalue weighted by atomic mass is 32.2. The number of amides is 1. The Morgan fingerprint density at radius 2 is 1.94 bits per heavy atom. The minimum atomic E-state index is -2.78. The van der Waals surface area contributed by atoms with Gasteiger partial charge in [0.1, 0.15) is 0 Å². The first-order chi connectivity index (χ1) is 8.11. The van der Waals surface area contributed by atoms with Crippen molar-refractivity contribution >= 4 is 22.5 Å². The normalized spacial score (nSPS) is 9.65. The van der Waals surface area contributed by atoms with Crippen molar-refractivity contribution in [2.45, 2.75) is 0 Å². The van der Waals surface area contributed by atoms with E-state index in [1.165, 1.54) is 0 Å². The summed E-state index contributed by atoms with van der Waals surface area (Å²) in [7, 11) is -2.78. The molecule has 0 saturated heterocycles. The maximum atomic E-state index is 11.1. The molecular weight excluding hydrogens is 244 g/mol. The highest BCUT2D eigenvalue weighted by Gasteiger charge is 2.00. The molecule has 0 saturated carbocycles. The van der Waals surface area contributed by atoms with Crippen LogP contribution in [0, 0.1) is 11.3 Å². The SMILES string of the molecule is N#Cc1ccc(NNC(=O)CN[SH](=O)=O)cc1. The van der Waals surface area contributed by atoms with E-state index in [2.05, 4.69) is 10.9 Å². The second-order valence-corrected chi connectivity index (χ2v) is 3.78. The zero-order chi connectivity index (χ0) is 12.7. The first kappa shape index (κ1) is 13.0. The van der Waals surface area contributed by atoms with Crippen LogP contribution in [0.2, 0.25) is 0 Å². The van der Waals surface area contributed by atoms with Gasteiger partial charge in [0.25, 0.3) is 5.91 Å². The van der Waals surface area contributed by atoms with Crippen LogP contribution in [0.1, 0.15) is 5.56 Å².